The molecule has 4 nitrogen and oxygen atoms in total. The lowest BCUT2D eigenvalue weighted by Crippen LogP contribution is -2.44. The van der Waals surface area contributed by atoms with Crippen molar-refractivity contribution in [2.24, 2.45) is 11.7 Å². The van der Waals surface area contributed by atoms with E-state index in [1.165, 1.54) is 31.3 Å². The van der Waals surface area contributed by atoms with Gasteiger partial charge in [0.1, 0.15) is 0 Å². The predicted octanol–water partition coefficient (Wildman–Crippen LogP) is 2.05. The van der Waals surface area contributed by atoms with E-state index >= 15 is 0 Å². The molecule has 0 aromatic heterocycles. The molecule has 0 bridgehead atoms. The molecule has 4 heteroatoms. The summed E-state index contributed by atoms with van der Waals surface area (Å²) >= 11 is 0. The molecule has 3 N–H and O–H groups in total. The van der Waals surface area contributed by atoms with E-state index < -0.39 is 0 Å². The van der Waals surface area contributed by atoms with Crippen LogP contribution in [0, 0.1) is 5.92 Å². The zero-order valence-electron chi connectivity index (χ0n) is 13.4. The van der Waals surface area contributed by atoms with Crippen molar-refractivity contribution in [3.05, 3.63) is 11.6 Å². The number of amides is 1. The third-order valence-electron chi connectivity index (χ3n) is 4.90. The van der Waals surface area contributed by atoms with Gasteiger partial charge in [0.25, 0.3) is 0 Å². The molecule has 1 aliphatic heterocycles. The molecule has 1 fully saturated rings. The Labute approximate surface area is 129 Å². The molecule has 1 heterocycles. The monoisotopic (exact) mass is 293 g/mol. The Hall–Kier alpha value is -0.870. The molecule has 2 rings (SSSR count). The van der Waals surface area contributed by atoms with E-state index in [0.29, 0.717) is 12.5 Å². The van der Waals surface area contributed by atoms with Gasteiger partial charge in [0, 0.05) is 12.6 Å². The van der Waals surface area contributed by atoms with Crippen molar-refractivity contribution < 1.29 is 4.79 Å². The highest BCUT2D eigenvalue weighted by Gasteiger charge is 2.22. The van der Waals surface area contributed by atoms with E-state index in [1.54, 1.807) is 0 Å². The summed E-state index contributed by atoms with van der Waals surface area (Å²) < 4.78 is 0. The van der Waals surface area contributed by atoms with Gasteiger partial charge in [-0.25, -0.2) is 0 Å². The van der Waals surface area contributed by atoms with Crippen molar-refractivity contribution in [1.82, 2.24) is 10.2 Å². The molecule has 1 amide bonds. The fourth-order valence-corrected chi connectivity index (χ4v) is 3.39. The van der Waals surface area contributed by atoms with Crippen LogP contribution < -0.4 is 11.1 Å². The van der Waals surface area contributed by atoms with Gasteiger partial charge in [-0.15, -0.1) is 0 Å². The zero-order chi connectivity index (χ0) is 15.1. The van der Waals surface area contributed by atoms with Gasteiger partial charge in [-0.05, 0) is 70.9 Å². The number of nitrogens with one attached hydrogen (secondary N) is 1. The van der Waals surface area contributed by atoms with Crippen LogP contribution in [0.25, 0.3) is 0 Å². The van der Waals surface area contributed by atoms with Gasteiger partial charge < -0.3 is 11.1 Å². The van der Waals surface area contributed by atoms with Crippen LogP contribution in [0.5, 0.6) is 0 Å². The molecule has 0 radical (unpaired) electrons. The number of hydrogen-bond donors (Lipinski definition) is 2. The third-order valence-corrected chi connectivity index (χ3v) is 4.90. The van der Waals surface area contributed by atoms with E-state index in [4.69, 9.17) is 5.73 Å². The standard InChI is InChI=1S/C17H31N3O/c1-14(18)16-8-11-20(12-9-16)13-17(21)19-10-7-15-5-3-2-4-6-15/h5,14,16H,2-4,6-13,18H2,1H3,(H,19,21). The highest BCUT2D eigenvalue weighted by molar-refractivity contribution is 5.78. The molecule has 1 saturated heterocycles. The van der Waals surface area contributed by atoms with Gasteiger partial charge >= 0.3 is 0 Å². The van der Waals surface area contributed by atoms with Gasteiger partial charge in [0.15, 0.2) is 0 Å². The Bertz CT molecular complexity index is 357. The first kappa shape index (κ1) is 16.5. The second kappa shape index (κ2) is 8.54. The molecular formula is C17H31N3O. The first-order valence-corrected chi connectivity index (χ1v) is 8.57. The highest BCUT2D eigenvalue weighted by Crippen LogP contribution is 2.20. The van der Waals surface area contributed by atoms with Crippen LogP contribution in [0.2, 0.25) is 0 Å². The first-order valence-electron chi connectivity index (χ1n) is 8.57. The summed E-state index contributed by atoms with van der Waals surface area (Å²) in [5, 5.41) is 3.07. The van der Waals surface area contributed by atoms with Crippen LogP contribution in [0.15, 0.2) is 11.6 Å². The van der Waals surface area contributed by atoms with Crippen LogP contribution in [-0.4, -0.2) is 43.0 Å². The molecular weight excluding hydrogens is 262 g/mol. The maximum absolute atomic E-state index is 12.0. The van der Waals surface area contributed by atoms with Crippen molar-refractivity contribution in [1.29, 1.82) is 0 Å². The van der Waals surface area contributed by atoms with E-state index in [-0.39, 0.29) is 11.9 Å². The number of piperidine rings is 1. The minimum atomic E-state index is 0.172. The van der Waals surface area contributed by atoms with Gasteiger partial charge in [-0.2, -0.15) is 0 Å². The Balaban J connectivity index is 1.58. The predicted molar refractivity (Wildman–Crippen MR) is 87.0 cm³/mol. The summed E-state index contributed by atoms with van der Waals surface area (Å²) in [5.41, 5.74) is 7.47. The maximum atomic E-state index is 12.0. The summed E-state index contributed by atoms with van der Waals surface area (Å²) in [5.74, 6) is 0.799. The second-order valence-electron chi connectivity index (χ2n) is 6.68. The molecule has 120 valence electrons. The van der Waals surface area contributed by atoms with Gasteiger partial charge in [-0.3, -0.25) is 9.69 Å². The number of allylic oxidation sites excluding steroid dienone is 1. The molecule has 1 aliphatic carbocycles. The van der Waals surface area contributed by atoms with Crippen molar-refractivity contribution in [3.8, 4) is 0 Å². The Morgan fingerprint density at radius 1 is 1.43 bits per heavy atom. The Kier molecular flexibility index (Phi) is 6.71. The zero-order valence-corrected chi connectivity index (χ0v) is 13.4. The summed E-state index contributed by atoms with van der Waals surface area (Å²) in [6.07, 6.45) is 10.7. The Morgan fingerprint density at radius 2 is 2.19 bits per heavy atom. The maximum Gasteiger partial charge on any atom is 0.234 e. The number of hydrogen-bond acceptors (Lipinski definition) is 3. The molecule has 2 aliphatic rings. The minimum Gasteiger partial charge on any atom is -0.355 e. The van der Waals surface area contributed by atoms with Crippen molar-refractivity contribution >= 4 is 5.91 Å². The van der Waals surface area contributed by atoms with Crippen LogP contribution in [0.3, 0.4) is 0 Å². The third kappa shape index (κ3) is 5.79. The number of likely N-dealkylation sites (tertiary alicyclic amines) is 1. The number of nitrogens with zero attached hydrogens (tertiary/aromatic N) is 1. The van der Waals surface area contributed by atoms with Crippen LogP contribution in [0.1, 0.15) is 51.9 Å². The normalized spacial score (nSPS) is 22.7. The van der Waals surface area contributed by atoms with Crippen molar-refractivity contribution in [2.75, 3.05) is 26.2 Å². The lowest BCUT2D eigenvalue weighted by Gasteiger charge is -2.33. The van der Waals surface area contributed by atoms with Crippen molar-refractivity contribution in [2.45, 2.75) is 57.9 Å². The molecule has 1 atom stereocenters. The molecule has 0 aromatic rings. The van der Waals surface area contributed by atoms with Gasteiger partial charge in [0.05, 0.1) is 6.54 Å². The molecule has 21 heavy (non-hydrogen) atoms. The molecule has 0 saturated carbocycles. The first-order chi connectivity index (χ1) is 10.1. The molecule has 1 unspecified atom stereocenters. The average molecular weight is 293 g/mol. The molecule has 0 spiro atoms. The smallest absolute Gasteiger partial charge is 0.234 e. The number of carbonyl (C=O) groups is 1. The van der Waals surface area contributed by atoms with Gasteiger partial charge in [-0.1, -0.05) is 11.6 Å². The molecule has 0 aromatic carbocycles. The quantitative estimate of drug-likeness (QED) is 0.737. The number of nitrogens with two attached hydrogens (primary N) is 1. The lowest BCUT2D eigenvalue weighted by atomic mass is 9.91. The lowest BCUT2D eigenvalue weighted by molar-refractivity contribution is -0.122. The number of rotatable bonds is 6. The fourth-order valence-electron chi connectivity index (χ4n) is 3.39. The summed E-state index contributed by atoms with van der Waals surface area (Å²) in [7, 11) is 0. The minimum absolute atomic E-state index is 0.172. The summed E-state index contributed by atoms with van der Waals surface area (Å²) in [4.78, 5) is 14.2. The van der Waals surface area contributed by atoms with E-state index in [9.17, 15) is 4.79 Å². The van der Waals surface area contributed by atoms with Gasteiger partial charge in [0.2, 0.25) is 5.91 Å². The van der Waals surface area contributed by atoms with Crippen LogP contribution in [-0.2, 0) is 4.79 Å². The topological polar surface area (TPSA) is 58.4 Å². The summed E-state index contributed by atoms with van der Waals surface area (Å²) in [6, 6.07) is 0.282. The van der Waals surface area contributed by atoms with E-state index in [0.717, 1.165) is 38.9 Å². The average Bonchev–Trinajstić information content (AvgIpc) is 2.49. The Morgan fingerprint density at radius 3 is 2.81 bits per heavy atom. The second-order valence-corrected chi connectivity index (χ2v) is 6.68. The largest absolute Gasteiger partial charge is 0.355 e. The van der Waals surface area contributed by atoms with E-state index in [1.807, 2.05) is 0 Å². The SMILES string of the molecule is CC(N)C1CCN(CC(=O)NCCC2=CCCCC2)CC1. The summed E-state index contributed by atoms with van der Waals surface area (Å²) in [6.45, 7) is 5.44. The fraction of sp³-hybridized carbons (Fsp3) is 0.824. The highest BCUT2D eigenvalue weighted by atomic mass is 16.2. The van der Waals surface area contributed by atoms with E-state index in [2.05, 4.69) is 23.2 Å². The van der Waals surface area contributed by atoms with Crippen LogP contribution >= 0.6 is 0 Å². The number of carbonyl (C=O) groups excluding carboxylic acids is 1. The van der Waals surface area contributed by atoms with Crippen LogP contribution in [0.4, 0.5) is 0 Å². The van der Waals surface area contributed by atoms with Crippen molar-refractivity contribution in [3.63, 3.8) is 0 Å².